The van der Waals surface area contributed by atoms with Crippen LogP contribution in [0.15, 0.2) is 24.3 Å². The first-order valence-electron chi connectivity index (χ1n) is 6.11. The number of phenolic OH excluding ortho intramolecular Hbond substituents is 1. The van der Waals surface area contributed by atoms with Crippen molar-refractivity contribution in [1.82, 2.24) is 10.6 Å². The van der Waals surface area contributed by atoms with Gasteiger partial charge in [0.1, 0.15) is 5.75 Å². The fraction of sp³-hybridized carbons (Fsp3) is 0.385. The molecule has 5 N–H and O–H groups in total. The zero-order chi connectivity index (χ0) is 14.3. The van der Waals surface area contributed by atoms with Crippen molar-refractivity contribution in [2.45, 2.75) is 19.4 Å². The van der Waals surface area contributed by atoms with Crippen molar-refractivity contribution in [1.29, 1.82) is 0 Å². The highest BCUT2D eigenvalue weighted by Gasteiger charge is 2.07. The molecule has 0 aromatic heterocycles. The topological polar surface area (TPSA) is 104 Å². The summed E-state index contributed by atoms with van der Waals surface area (Å²) in [7, 11) is 0. The van der Waals surface area contributed by atoms with Gasteiger partial charge in [0.15, 0.2) is 0 Å². The van der Waals surface area contributed by atoms with E-state index in [1.54, 1.807) is 19.1 Å². The fourth-order valence-corrected chi connectivity index (χ4v) is 1.41. The summed E-state index contributed by atoms with van der Waals surface area (Å²) >= 11 is 0. The van der Waals surface area contributed by atoms with Gasteiger partial charge in [0.25, 0.3) is 5.91 Å². The Kier molecular flexibility index (Phi) is 5.81. The van der Waals surface area contributed by atoms with Crippen molar-refractivity contribution in [3.63, 3.8) is 0 Å². The second-order valence-corrected chi connectivity index (χ2v) is 4.24. The number of aromatic hydroxyl groups is 1. The van der Waals surface area contributed by atoms with Gasteiger partial charge in [0, 0.05) is 18.7 Å². The van der Waals surface area contributed by atoms with Gasteiger partial charge in [-0.05, 0) is 31.5 Å². The first kappa shape index (κ1) is 15.0. The molecule has 0 saturated heterocycles. The second kappa shape index (κ2) is 7.38. The third-order valence-electron chi connectivity index (χ3n) is 2.46. The van der Waals surface area contributed by atoms with Crippen LogP contribution in [-0.2, 0) is 4.79 Å². The molecule has 6 nitrogen and oxygen atoms in total. The minimum absolute atomic E-state index is 0.0526. The number of nitrogens with one attached hydrogen (secondary N) is 2. The monoisotopic (exact) mass is 265 g/mol. The van der Waals surface area contributed by atoms with Gasteiger partial charge in [0.05, 0.1) is 6.04 Å². The van der Waals surface area contributed by atoms with Crippen molar-refractivity contribution in [2.75, 3.05) is 13.1 Å². The molecule has 0 aliphatic rings. The summed E-state index contributed by atoms with van der Waals surface area (Å²) in [5.74, 6) is -0.412. The summed E-state index contributed by atoms with van der Waals surface area (Å²) in [6.07, 6.45) is 0.614. The van der Waals surface area contributed by atoms with Crippen molar-refractivity contribution in [2.24, 2.45) is 5.73 Å². The molecule has 1 rings (SSSR count). The van der Waals surface area contributed by atoms with Crippen molar-refractivity contribution < 1.29 is 14.7 Å². The van der Waals surface area contributed by atoms with Crippen molar-refractivity contribution >= 4 is 11.8 Å². The summed E-state index contributed by atoms with van der Waals surface area (Å²) < 4.78 is 0. The van der Waals surface area contributed by atoms with E-state index < -0.39 is 6.04 Å². The second-order valence-electron chi connectivity index (χ2n) is 4.24. The number of benzene rings is 1. The van der Waals surface area contributed by atoms with Crippen LogP contribution in [0.1, 0.15) is 23.7 Å². The average molecular weight is 265 g/mol. The van der Waals surface area contributed by atoms with E-state index in [0.717, 1.165) is 0 Å². The molecule has 0 aliphatic carbocycles. The molecule has 0 spiro atoms. The first-order chi connectivity index (χ1) is 9.00. The van der Waals surface area contributed by atoms with Gasteiger partial charge in [-0.25, -0.2) is 0 Å². The molecule has 6 heteroatoms. The van der Waals surface area contributed by atoms with E-state index in [-0.39, 0.29) is 17.6 Å². The zero-order valence-electron chi connectivity index (χ0n) is 10.8. The molecule has 0 aliphatic heterocycles. The van der Waals surface area contributed by atoms with Crippen LogP contribution in [-0.4, -0.2) is 36.1 Å². The number of hydrogen-bond donors (Lipinski definition) is 4. The van der Waals surface area contributed by atoms with E-state index in [2.05, 4.69) is 10.6 Å². The van der Waals surface area contributed by atoms with Crippen molar-refractivity contribution in [3.8, 4) is 5.75 Å². The highest BCUT2D eigenvalue weighted by Crippen LogP contribution is 2.10. The van der Waals surface area contributed by atoms with Crippen LogP contribution in [0.3, 0.4) is 0 Å². The van der Waals surface area contributed by atoms with E-state index in [4.69, 9.17) is 5.73 Å². The lowest BCUT2D eigenvalue weighted by atomic mass is 10.2. The number of hydrogen-bond acceptors (Lipinski definition) is 4. The van der Waals surface area contributed by atoms with Crippen LogP contribution in [0.5, 0.6) is 5.75 Å². The lowest BCUT2D eigenvalue weighted by Gasteiger charge is -2.08. The van der Waals surface area contributed by atoms with Crippen LogP contribution < -0.4 is 16.4 Å². The van der Waals surface area contributed by atoms with Gasteiger partial charge in [-0.3, -0.25) is 9.59 Å². The van der Waals surface area contributed by atoms with Gasteiger partial charge in [0.2, 0.25) is 5.91 Å². The number of carbonyl (C=O) groups excluding carboxylic acids is 2. The summed E-state index contributed by atoms with van der Waals surface area (Å²) in [6, 6.07) is 5.59. The zero-order valence-corrected chi connectivity index (χ0v) is 10.8. The maximum atomic E-state index is 11.7. The average Bonchev–Trinajstić information content (AvgIpc) is 2.37. The van der Waals surface area contributed by atoms with Crippen molar-refractivity contribution in [3.05, 3.63) is 29.8 Å². The molecule has 104 valence electrons. The van der Waals surface area contributed by atoms with E-state index in [0.29, 0.717) is 25.1 Å². The summed E-state index contributed by atoms with van der Waals surface area (Å²) in [6.45, 7) is 2.51. The normalized spacial score (nSPS) is 11.7. The highest BCUT2D eigenvalue weighted by molar-refractivity contribution is 5.94. The maximum absolute atomic E-state index is 11.7. The molecule has 2 amide bonds. The number of rotatable bonds is 6. The SMILES string of the molecule is CC(N)C(=O)NCCCNC(=O)c1cccc(O)c1. The smallest absolute Gasteiger partial charge is 0.251 e. The number of phenols is 1. The molecule has 0 fully saturated rings. The molecule has 1 atom stereocenters. The Morgan fingerprint density at radius 2 is 2.00 bits per heavy atom. The number of carbonyl (C=O) groups is 2. The molecule has 1 aromatic rings. The standard InChI is InChI=1S/C13H19N3O3/c1-9(14)12(18)15-6-3-7-16-13(19)10-4-2-5-11(17)8-10/h2,4-5,8-9,17H,3,6-7,14H2,1H3,(H,15,18)(H,16,19). The predicted octanol–water partition coefficient (Wildman–Crippen LogP) is -0.0245. The van der Waals surface area contributed by atoms with Gasteiger partial charge in [-0.1, -0.05) is 6.07 Å². The minimum Gasteiger partial charge on any atom is -0.508 e. The Hall–Kier alpha value is -2.08. The Balaban J connectivity index is 2.23. The molecule has 1 unspecified atom stereocenters. The lowest BCUT2D eigenvalue weighted by Crippen LogP contribution is -2.39. The Morgan fingerprint density at radius 1 is 1.32 bits per heavy atom. The van der Waals surface area contributed by atoms with Crippen LogP contribution in [0.25, 0.3) is 0 Å². The molecule has 0 saturated carbocycles. The lowest BCUT2D eigenvalue weighted by molar-refractivity contribution is -0.121. The summed E-state index contributed by atoms with van der Waals surface area (Å²) in [5.41, 5.74) is 5.79. The van der Waals surface area contributed by atoms with Gasteiger partial charge in [-0.15, -0.1) is 0 Å². The molecule has 19 heavy (non-hydrogen) atoms. The molecule has 0 bridgehead atoms. The Bertz CT molecular complexity index is 447. The Labute approximate surface area is 112 Å². The van der Waals surface area contributed by atoms with E-state index >= 15 is 0 Å². The predicted molar refractivity (Wildman–Crippen MR) is 71.7 cm³/mol. The molecule has 0 radical (unpaired) electrons. The van der Waals surface area contributed by atoms with Crippen LogP contribution >= 0.6 is 0 Å². The third-order valence-corrected chi connectivity index (χ3v) is 2.46. The van der Waals surface area contributed by atoms with Crippen LogP contribution in [0.4, 0.5) is 0 Å². The van der Waals surface area contributed by atoms with Crippen LogP contribution in [0, 0.1) is 0 Å². The van der Waals surface area contributed by atoms with Gasteiger partial charge < -0.3 is 21.5 Å². The first-order valence-corrected chi connectivity index (χ1v) is 6.11. The molecule has 0 heterocycles. The largest absolute Gasteiger partial charge is 0.508 e. The van der Waals surface area contributed by atoms with Crippen LogP contribution in [0.2, 0.25) is 0 Å². The number of nitrogens with two attached hydrogens (primary N) is 1. The maximum Gasteiger partial charge on any atom is 0.251 e. The van der Waals surface area contributed by atoms with Gasteiger partial charge in [-0.2, -0.15) is 0 Å². The van der Waals surface area contributed by atoms with E-state index in [1.165, 1.54) is 12.1 Å². The summed E-state index contributed by atoms with van der Waals surface area (Å²) in [4.78, 5) is 22.8. The van der Waals surface area contributed by atoms with E-state index in [9.17, 15) is 14.7 Å². The summed E-state index contributed by atoms with van der Waals surface area (Å²) in [5, 5.41) is 14.6. The third kappa shape index (κ3) is 5.39. The molecular formula is C13H19N3O3. The quantitative estimate of drug-likeness (QED) is 0.542. The van der Waals surface area contributed by atoms with Gasteiger partial charge >= 0.3 is 0 Å². The fourth-order valence-electron chi connectivity index (χ4n) is 1.41. The molecular weight excluding hydrogens is 246 g/mol. The molecule has 1 aromatic carbocycles. The highest BCUT2D eigenvalue weighted by atomic mass is 16.3. The Morgan fingerprint density at radius 3 is 2.63 bits per heavy atom. The van der Waals surface area contributed by atoms with E-state index in [1.807, 2.05) is 0 Å². The number of amides is 2. The minimum atomic E-state index is -0.526.